The zero-order chi connectivity index (χ0) is 16.4. The Labute approximate surface area is 142 Å². The van der Waals surface area contributed by atoms with Crippen molar-refractivity contribution < 1.29 is 18.7 Å². The van der Waals surface area contributed by atoms with Gasteiger partial charge in [-0.05, 0) is 24.3 Å². The van der Waals surface area contributed by atoms with Crippen LogP contribution in [0.5, 0.6) is 5.75 Å². The Bertz CT molecular complexity index is 730. The smallest absolute Gasteiger partial charge is 0.316 e. The van der Waals surface area contributed by atoms with Gasteiger partial charge in [0.05, 0.1) is 23.7 Å². The molecule has 0 N–H and O–H groups in total. The second-order valence-electron chi connectivity index (χ2n) is 5.23. The van der Waals surface area contributed by atoms with Crippen molar-refractivity contribution in [2.24, 2.45) is 5.92 Å². The summed E-state index contributed by atoms with van der Waals surface area (Å²) in [7, 11) is 0. The third-order valence-electron chi connectivity index (χ3n) is 3.60. The largest absolute Gasteiger partial charge is 0.467 e. The van der Waals surface area contributed by atoms with Crippen LogP contribution in [0.15, 0.2) is 41.0 Å². The van der Waals surface area contributed by atoms with Gasteiger partial charge in [0.25, 0.3) is 0 Å². The molecule has 5 nitrogen and oxygen atoms in total. The molecule has 0 spiro atoms. The van der Waals surface area contributed by atoms with Gasteiger partial charge in [-0.3, -0.25) is 9.59 Å². The van der Waals surface area contributed by atoms with Gasteiger partial charge in [-0.15, -0.1) is 0 Å². The summed E-state index contributed by atoms with van der Waals surface area (Å²) in [5.41, 5.74) is 0. The topological polar surface area (TPSA) is 59.8 Å². The highest BCUT2D eigenvalue weighted by atomic mass is 35.5. The number of hydrogen-bond donors (Lipinski definition) is 0. The lowest BCUT2D eigenvalue weighted by Crippen LogP contribution is -2.27. The number of benzene rings is 1. The summed E-state index contributed by atoms with van der Waals surface area (Å²) in [4.78, 5) is 25.8. The van der Waals surface area contributed by atoms with E-state index < -0.39 is 11.9 Å². The van der Waals surface area contributed by atoms with Crippen LogP contribution in [-0.2, 0) is 16.1 Å². The van der Waals surface area contributed by atoms with Gasteiger partial charge in [0.2, 0.25) is 5.91 Å². The van der Waals surface area contributed by atoms with Crippen LogP contribution < -0.4 is 4.74 Å². The molecular weight excluding hydrogens is 341 g/mol. The van der Waals surface area contributed by atoms with Crippen LogP contribution in [-0.4, -0.2) is 23.3 Å². The molecule has 0 unspecified atom stereocenters. The van der Waals surface area contributed by atoms with Crippen LogP contribution in [0, 0.1) is 5.92 Å². The van der Waals surface area contributed by atoms with E-state index >= 15 is 0 Å². The van der Waals surface area contributed by atoms with E-state index in [1.165, 1.54) is 0 Å². The molecule has 2 heterocycles. The third kappa shape index (κ3) is 3.51. The van der Waals surface area contributed by atoms with Crippen molar-refractivity contribution in [3.05, 3.63) is 52.4 Å². The van der Waals surface area contributed by atoms with Gasteiger partial charge in [0.15, 0.2) is 5.75 Å². The minimum atomic E-state index is -0.535. The van der Waals surface area contributed by atoms with Crippen LogP contribution in [0.4, 0.5) is 0 Å². The van der Waals surface area contributed by atoms with E-state index in [9.17, 15) is 9.59 Å². The summed E-state index contributed by atoms with van der Waals surface area (Å²) in [6.45, 7) is 0.629. The second-order valence-corrected chi connectivity index (χ2v) is 6.01. The first-order valence-corrected chi connectivity index (χ1v) is 7.76. The maximum atomic E-state index is 12.2. The molecule has 0 saturated carbocycles. The van der Waals surface area contributed by atoms with Crippen molar-refractivity contribution in [3.63, 3.8) is 0 Å². The minimum absolute atomic E-state index is 0.109. The highest BCUT2D eigenvalue weighted by Gasteiger charge is 2.36. The van der Waals surface area contributed by atoms with E-state index in [1.54, 1.807) is 41.5 Å². The predicted molar refractivity (Wildman–Crippen MR) is 84.3 cm³/mol. The highest BCUT2D eigenvalue weighted by Crippen LogP contribution is 2.32. The number of hydrogen-bond acceptors (Lipinski definition) is 4. The number of likely N-dealkylation sites (tertiary alicyclic amines) is 1. The zero-order valence-corrected chi connectivity index (χ0v) is 13.5. The predicted octanol–water partition coefficient (Wildman–Crippen LogP) is 3.54. The Kier molecular flexibility index (Phi) is 4.59. The monoisotopic (exact) mass is 353 g/mol. The SMILES string of the molecule is O=C(Oc1cccc(Cl)c1Cl)[C@@H]1CC(=O)N(Cc2ccco2)C1. The molecule has 0 bridgehead atoms. The van der Waals surface area contributed by atoms with Gasteiger partial charge < -0.3 is 14.1 Å². The number of nitrogens with zero attached hydrogens (tertiary/aromatic N) is 1. The fourth-order valence-electron chi connectivity index (χ4n) is 2.43. The molecule has 1 aromatic heterocycles. The molecule has 120 valence electrons. The fraction of sp³-hybridized carbons (Fsp3) is 0.250. The first kappa shape index (κ1) is 15.9. The summed E-state index contributed by atoms with van der Waals surface area (Å²) in [5, 5.41) is 0.484. The first-order chi connectivity index (χ1) is 11.0. The van der Waals surface area contributed by atoms with Crippen LogP contribution in [0.1, 0.15) is 12.2 Å². The fourth-order valence-corrected chi connectivity index (χ4v) is 2.76. The molecule has 0 radical (unpaired) electrons. The maximum Gasteiger partial charge on any atom is 0.316 e. The molecule has 1 aliphatic rings. The van der Waals surface area contributed by atoms with Gasteiger partial charge in [0.1, 0.15) is 10.8 Å². The number of carbonyl (C=O) groups excluding carboxylic acids is 2. The van der Waals surface area contributed by atoms with Gasteiger partial charge in [-0.1, -0.05) is 29.3 Å². The number of ether oxygens (including phenoxy) is 1. The highest BCUT2D eigenvalue weighted by molar-refractivity contribution is 6.43. The second kappa shape index (κ2) is 6.64. The number of furan rings is 1. The van der Waals surface area contributed by atoms with Crippen LogP contribution in [0.2, 0.25) is 10.0 Å². The Balaban J connectivity index is 1.64. The van der Waals surface area contributed by atoms with Gasteiger partial charge >= 0.3 is 5.97 Å². The van der Waals surface area contributed by atoms with E-state index in [-0.39, 0.29) is 29.6 Å². The molecule has 1 atom stereocenters. The molecule has 1 fully saturated rings. The zero-order valence-electron chi connectivity index (χ0n) is 12.0. The number of esters is 1. The van der Waals surface area contributed by atoms with Crippen molar-refractivity contribution >= 4 is 35.1 Å². The molecule has 23 heavy (non-hydrogen) atoms. The summed E-state index contributed by atoms with van der Waals surface area (Å²) in [6.07, 6.45) is 1.65. The van der Waals surface area contributed by atoms with Crippen molar-refractivity contribution in [1.29, 1.82) is 0 Å². The quantitative estimate of drug-likeness (QED) is 0.623. The Morgan fingerprint density at radius 3 is 2.87 bits per heavy atom. The van der Waals surface area contributed by atoms with E-state index in [1.807, 2.05) is 0 Å². The normalized spacial score (nSPS) is 17.6. The van der Waals surface area contributed by atoms with Crippen LogP contribution in [0.3, 0.4) is 0 Å². The summed E-state index contributed by atoms with van der Waals surface area (Å²) < 4.78 is 10.5. The van der Waals surface area contributed by atoms with Crippen molar-refractivity contribution in [2.75, 3.05) is 6.54 Å². The standard InChI is InChI=1S/C16H13Cl2NO4/c17-12-4-1-5-13(15(12)18)23-16(21)10-7-14(20)19(8-10)9-11-3-2-6-22-11/h1-6,10H,7-9H2/t10-/m1/s1. The lowest BCUT2D eigenvalue weighted by Gasteiger charge is -2.15. The van der Waals surface area contributed by atoms with Gasteiger partial charge in [0, 0.05) is 13.0 Å². The Hall–Kier alpha value is -1.98. The van der Waals surface area contributed by atoms with Crippen molar-refractivity contribution in [1.82, 2.24) is 4.90 Å². The van der Waals surface area contributed by atoms with Crippen LogP contribution in [0.25, 0.3) is 0 Å². The summed E-state index contributed by atoms with van der Waals surface area (Å²) >= 11 is 11.9. The molecule has 0 aliphatic carbocycles. The average molecular weight is 354 g/mol. The lowest BCUT2D eigenvalue weighted by atomic mass is 10.1. The van der Waals surface area contributed by atoms with E-state index in [0.717, 1.165) is 0 Å². The molecule has 1 aromatic carbocycles. The van der Waals surface area contributed by atoms with Gasteiger partial charge in [-0.2, -0.15) is 0 Å². The van der Waals surface area contributed by atoms with Crippen LogP contribution >= 0.6 is 23.2 Å². The number of rotatable bonds is 4. The molecule has 7 heteroatoms. The summed E-state index contributed by atoms with van der Waals surface area (Å²) in [5.74, 6) is -0.274. The van der Waals surface area contributed by atoms with Crippen molar-refractivity contribution in [2.45, 2.75) is 13.0 Å². The number of carbonyl (C=O) groups is 2. The Morgan fingerprint density at radius 1 is 1.30 bits per heavy atom. The van der Waals surface area contributed by atoms with Gasteiger partial charge in [-0.25, -0.2) is 0 Å². The molecular formula is C16H13Cl2NO4. The molecule has 2 aromatic rings. The minimum Gasteiger partial charge on any atom is -0.467 e. The van der Waals surface area contributed by atoms with E-state index in [2.05, 4.69) is 0 Å². The number of amides is 1. The third-order valence-corrected chi connectivity index (χ3v) is 4.40. The molecule has 1 amide bonds. The lowest BCUT2D eigenvalue weighted by molar-refractivity contribution is -0.139. The molecule has 1 aliphatic heterocycles. The summed E-state index contributed by atoms with van der Waals surface area (Å²) in [6, 6.07) is 8.34. The maximum absolute atomic E-state index is 12.2. The first-order valence-electron chi connectivity index (χ1n) is 7.00. The molecule has 3 rings (SSSR count). The number of halogens is 2. The Morgan fingerprint density at radius 2 is 2.13 bits per heavy atom. The van der Waals surface area contributed by atoms with E-state index in [4.69, 9.17) is 32.4 Å². The molecule has 1 saturated heterocycles. The average Bonchev–Trinajstić information content (AvgIpc) is 3.15. The van der Waals surface area contributed by atoms with E-state index in [0.29, 0.717) is 17.3 Å². The van der Waals surface area contributed by atoms with Crippen molar-refractivity contribution in [3.8, 4) is 5.75 Å².